The Hall–Kier alpha value is -1.10. The van der Waals surface area contributed by atoms with Gasteiger partial charge >= 0.3 is 0 Å². The minimum Gasteiger partial charge on any atom is -0.366 e. The molecule has 0 N–H and O–H groups in total. The second kappa shape index (κ2) is 5.04. The van der Waals surface area contributed by atoms with Crippen LogP contribution in [0.25, 0.3) is 0 Å². The topological polar surface area (TPSA) is 46.4 Å². The summed E-state index contributed by atoms with van der Waals surface area (Å²) < 4.78 is 0.766. The Balaban J connectivity index is 2.46. The van der Waals surface area contributed by atoms with E-state index in [2.05, 4.69) is 20.8 Å². The van der Waals surface area contributed by atoms with Crippen LogP contribution in [0.5, 0.6) is 0 Å². The number of nitro benzene ring substituents is 1. The Kier molecular flexibility index (Phi) is 3.66. The van der Waals surface area contributed by atoms with Crippen molar-refractivity contribution in [2.24, 2.45) is 0 Å². The van der Waals surface area contributed by atoms with Gasteiger partial charge in [-0.1, -0.05) is 15.9 Å². The number of hydrogen-bond donors (Lipinski definition) is 0. The molecular formula is C12H15BrN2O2. The van der Waals surface area contributed by atoms with Gasteiger partial charge in [0.05, 0.1) is 4.92 Å². The van der Waals surface area contributed by atoms with Crippen LogP contribution in [0.15, 0.2) is 16.6 Å². The first-order valence-corrected chi connectivity index (χ1v) is 6.58. The van der Waals surface area contributed by atoms with Gasteiger partial charge in [-0.15, -0.1) is 0 Å². The Morgan fingerprint density at radius 1 is 1.29 bits per heavy atom. The van der Waals surface area contributed by atoms with E-state index < -0.39 is 0 Å². The highest BCUT2D eigenvalue weighted by Gasteiger charge is 2.23. The van der Waals surface area contributed by atoms with Gasteiger partial charge in [0.1, 0.15) is 5.69 Å². The van der Waals surface area contributed by atoms with Crippen LogP contribution in [0, 0.1) is 17.0 Å². The molecule has 1 saturated heterocycles. The molecule has 17 heavy (non-hydrogen) atoms. The summed E-state index contributed by atoms with van der Waals surface area (Å²) in [6.07, 6.45) is 3.46. The van der Waals surface area contributed by atoms with Crippen LogP contribution in [-0.2, 0) is 0 Å². The van der Waals surface area contributed by atoms with Gasteiger partial charge in [0.25, 0.3) is 5.69 Å². The van der Waals surface area contributed by atoms with E-state index in [9.17, 15) is 10.1 Å². The molecule has 2 rings (SSSR count). The smallest absolute Gasteiger partial charge is 0.293 e. The van der Waals surface area contributed by atoms with Crippen molar-refractivity contribution in [2.75, 3.05) is 18.0 Å². The molecule has 0 radical (unpaired) electrons. The summed E-state index contributed by atoms with van der Waals surface area (Å²) in [4.78, 5) is 13.0. The minimum atomic E-state index is -0.290. The fraction of sp³-hybridized carbons (Fsp3) is 0.500. The Morgan fingerprint density at radius 2 is 1.94 bits per heavy atom. The molecule has 1 aromatic carbocycles. The molecule has 5 heteroatoms. The van der Waals surface area contributed by atoms with Crippen molar-refractivity contribution >= 4 is 27.3 Å². The lowest BCUT2D eigenvalue weighted by Gasteiger charge is -2.29. The summed E-state index contributed by atoms with van der Waals surface area (Å²) in [5.74, 6) is 0. The molecule has 0 amide bonds. The van der Waals surface area contributed by atoms with E-state index in [1.807, 2.05) is 13.0 Å². The summed E-state index contributed by atoms with van der Waals surface area (Å²) in [6.45, 7) is 3.77. The third kappa shape index (κ3) is 2.60. The molecule has 0 bridgehead atoms. The van der Waals surface area contributed by atoms with Gasteiger partial charge in [-0.2, -0.15) is 0 Å². The molecule has 1 heterocycles. The van der Waals surface area contributed by atoms with Crippen LogP contribution in [-0.4, -0.2) is 18.0 Å². The summed E-state index contributed by atoms with van der Waals surface area (Å²) in [5.41, 5.74) is 1.96. The molecule has 4 nitrogen and oxygen atoms in total. The molecule has 1 aromatic rings. The predicted molar refractivity (Wildman–Crippen MR) is 71.6 cm³/mol. The van der Waals surface area contributed by atoms with Crippen LogP contribution < -0.4 is 4.90 Å². The van der Waals surface area contributed by atoms with Gasteiger partial charge in [0, 0.05) is 23.6 Å². The Labute approximate surface area is 109 Å². The number of hydrogen-bond acceptors (Lipinski definition) is 3. The molecule has 92 valence electrons. The zero-order valence-electron chi connectivity index (χ0n) is 9.78. The number of halogens is 1. The van der Waals surface area contributed by atoms with Crippen molar-refractivity contribution in [1.82, 2.24) is 0 Å². The standard InChI is InChI=1S/C12H15BrN2O2/c1-9-7-10(13)8-11(15(16)17)12(9)14-5-3-2-4-6-14/h7-8H,2-6H2,1H3. The zero-order valence-corrected chi connectivity index (χ0v) is 11.4. The first-order valence-electron chi connectivity index (χ1n) is 5.79. The minimum absolute atomic E-state index is 0.207. The fourth-order valence-corrected chi connectivity index (χ4v) is 2.95. The van der Waals surface area contributed by atoms with Crippen LogP contribution in [0.2, 0.25) is 0 Å². The summed E-state index contributed by atoms with van der Waals surface area (Å²) in [7, 11) is 0. The van der Waals surface area contributed by atoms with Crippen molar-refractivity contribution < 1.29 is 4.92 Å². The van der Waals surface area contributed by atoms with Crippen molar-refractivity contribution in [3.63, 3.8) is 0 Å². The molecule has 0 aromatic heterocycles. The van der Waals surface area contributed by atoms with E-state index in [0.29, 0.717) is 0 Å². The lowest BCUT2D eigenvalue weighted by atomic mass is 10.1. The third-order valence-electron chi connectivity index (χ3n) is 3.11. The van der Waals surface area contributed by atoms with Gasteiger partial charge in [0.15, 0.2) is 0 Å². The molecule has 1 aliphatic rings. The van der Waals surface area contributed by atoms with Crippen molar-refractivity contribution in [1.29, 1.82) is 0 Å². The van der Waals surface area contributed by atoms with Gasteiger partial charge in [0.2, 0.25) is 0 Å². The first-order chi connectivity index (χ1) is 8.09. The third-order valence-corrected chi connectivity index (χ3v) is 3.57. The number of nitrogens with zero attached hydrogens (tertiary/aromatic N) is 2. The molecule has 0 unspecified atom stereocenters. The summed E-state index contributed by atoms with van der Waals surface area (Å²) >= 11 is 3.32. The highest BCUT2D eigenvalue weighted by molar-refractivity contribution is 9.10. The van der Waals surface area contributed by atoms with Crippen LogP contribution in [0.4, 0.5) is 11.4 Å². The van der Waals surface area contributed by atoms with Gasteiger partial charge in [-0.25, -0.2) is 0 Å². The highest BCUT2D eigenvalue weighted by Crippen LogP contribution is 2.36. The largest absolute Gasteiger partial charge is 0.366 e. The number of piperidine rings is 1. The molecule has 0 atom stereocenters. The van der Waals surface area contributed by atoms with E-state index in [1.54, 1.807) is 6.07 Å². The van der Waals surface area contributed by atoms with Crippen molar-refractivity contribution in [2.45, 2.75) is 26.2 Å². The quantitative estimate of drug-likeness (QED) is 0.618. The lowest BCUT2D eigenvalue weighted by Crippen LogP contribution is -2.30. The molecule has 0 spiro atoms. The average molecular weight is 299 g/mol. The molecule has 1 aliphatic heterocycles. The maximum absolute atomic E-state index is 11.1. The monoisotopic (exact) mass is 298 g/mol. The number of anilines is 1. The molecule has 1 fully saturated rings. The first kappa shape index (κ1) is 12.4. The van der Waals surface area contributed by atoms with Crippen molar-refractivity contribution in [3.8, 4) is 0 Å². The lowest BCUT2D eigenvalue weighted by molar-refractivity contribution is -0.384. The molecule has 0 saturated carbocycles. The van der Waals surface area contributed by atoms with Gasteiger partial charge < -0.3 is 4.90 Å². The predicted octanol–water partition coefficient (Wildman–Crippen LogP) is 3.66. The highest BCUT2D eigenvalue weighted by atomic mass is 79.9. The van der Waals surface area contributed by atoms with Crippen LogP contribution in [0.3, 0.4) is 0 Å². The summed E-state index contributed by atoms with van der Waals surface area (Å²) in [6, 6.07) is 3.54. The van der Waals surface area contributed by atoms with E-state index in [1.165, 1.54) is 6.42 Å². The van der Waals surface area contributed by atoms with Crippen molar-refractivity contribution in [3.05, 3.63) is 32.3 Å². The van der Waals surface area contributed by atoms with E-state index in [0.717, 1.165) is 41.7 Å². The maximum Gasteiger partial charge on any atom is 0.293 e. The van der Waals surface area contributed by atoms with E-state index in [-0.39, 0.29) is 10.6 Å². The second-order valence-corrected chi connectivity index (χ2v) is 5.31. The number of nitro groups is 1. The van der Waals surface area contributed by atoms with Gasteiger partial charge in [-0.05, 0) is 37.8 Å². The Bertz CT molecular complexity index is 442. The Morgan fingerprint density at radius 3 is 2.53 bits per heavy atom. The number of aryl methyl sites for hydroxylation is 1. The number of benzene rings is 1. The average Bonchev–Trinajstić information content (AvgIpc) is 2.29. The van der Waals surface area contributed by atoms with E-state index >= 15 is 0 Å². The van der Waals surface area contributed by atoms with Crippen LogP contribution in [0.1, 0.15) is 24.8 Å². The SMILES string of the molecule is Cc1cc(Br)cc([N+](=O)[O-])c1N1CCCCC1. The van der Waals surface area contributed by atoms with E-state index in [4.69, 9.17) is 0 Å². The van der Waals surface area contributed by atoms with Crippen LogP contribution >= 0.6 is 15.9 Å². The summed E-state index contributed by atoms with van der Waals surface area (Å²) in [5, 5.41) is 11.1. The molecule has 0 aliphatic carbocycles. The molecular weight excluding hydrogens is 284 g/mol. The fourth-order valence-electron chi connectivity index (χ4n) is 2.39. The maximum atomic E-state index is 11.1. The van der Waals surface area contributed by atoms with Gasteiger partial charge in [-0.3, -0.25) is 10.1 Å². The zero-order chi connectivity index (χ0) is 12.4. The normalized spacial score (nSPS) is 16.0. The second-order valence-electron chi connectivity index (χ2n) is 4.40. The number of rotatable bonds is 2.